The molecule has 2 aromatic rings. The van der Waals surface area contributed by atoms with Gasteiger partial charge < -0.3 is 9.47 Å². The fourth-order valence-electron chi connectivity index (χ4n) is 6.34. The van der Waals surface area contributed by atoms with E-state index in [0.717, 1.165) is 60.4 Å². The highest BCUT2D eigenvalue weighted by Crippen LogP contribution is 2.41. The largest absolute Gasteiger partial charge is 0.573 e. The van der Waals surface area contributed by atoms with Gasteiger partial charge in [0.15, 0.2) is 0 Å². The summed E-state index contributed by atoms with van der Waals surface area (Å²) in [6.07, 6.45) is 7.12. The first-order chi connectivity index (χ1) is 18.1. The Morgan fingerprint density at radius 3 is 1.53 bits per heavy atom. The van der Waals surface area contributed by atoms with Crippen LogP contribution in [0.5, 0.6) is 11.5 Å². The van der Waals surface area contributed by atoms with Gasteiger partial charge in [0.25, 0.3) is 0 Å². The molecule has 4 rings (SSSR count). The summed E-state index contributed by atoms with van der Waals surface area (Å²) in [4.78, 5) is 0. The molecule has 2 aliphatic rings. The minimum absolute atomic E-state index is 0.249. The Kier molecular flexibility index (Phi) is 9.59. The van der Waals surface area contributed by atoms with Crippen molar-refractivity contribution >= 4 is 0 Å². The molecule has 0 aliphatic heterocycles. The molecule has 0 saturated heterocycles. The zero-order valence-electron chi connectivity index (χ0n) is 22.1. The third-order valence-electron chi connectivity index (χ3n) is 8.51. The van der Waals surface area contributed by atoms with E-state index >= 15 is 0 Å². The van der Waals surface area contributed by atoms with Gasteiger partial charge in [-0.25, -0.2) is 0 Å². The van der Waals surface area contributed by atoms with Crippen molar-refractivity contribution in [2.75, 3.05) is 0 Å². The summed E-state index contributed by atoms with van der Waals surface area (Å²) in [6.45, 7) is 2.28. The standard InChI is InChI=1S/C31H39F5O2/c1-2-3-22-4-6-23(7-5-22)8-9-24-10-12-25(13-11-24)26-14-16-27(17-15-26)30(32,33)37-28-18-20-29(21-19-28)38-31(34,35)36/h14-25H,2-13H2,1H3. The molecule has 0 amide bonds. The molecule has 0 bridgehead atoms. The number of hydrogen-bond acceptors (Lipinski definition) is 2. The average Bonchev–Trinajstić information content (AvgIpc) is 2.89. The molecule has 0 heterocycles. The normalized spacial score (nSPS) is 24.7. The lowest BCUT2D eigenvalue weighted by molar-refractivity contribution is -0.274. The molecule has 2 fully saturated rings. The molecule has 0 unspecified atom stereocenters. The third kappa shape index (κ3) is 8.34. The average molecular weight is 539 g/mol. The molecular weight excluding hydrogens is 499 g/mol. The fraction of sp³-hybridized carbons (Fsp3) is 0.613. The molecule has 7 heteroatoms. The first-order valence-electron chi connectivity index (χ1n) is 14.1. The van der Waals surface area contributed by atoms with Crippen LogP contribution in [0.4, 0.5) is 22.0 Å². The van der Waals surface area contributed by atoms with Crippen molar-refractivity contribution in [1.82, 2.24) is 0 Å². The van der Waals surface area contributed by atoms with Crippen molar-refractivity contribution < 1.29 is 31.4 Å². The first-order valence-corrected chi connectivity index (χ1v) is 14.1. The minimum Gasteiger partial charge on any atom is -0.429 e. The lowest BCUT2D eigenvalue weighted by Crippen LogP contribution is -2.22. The van der Waals surface area contributed by atoms with Gasteiger partial charge in [-0.15, -0.1) is 13.2 Å². The van der Waals surface area contributed by atoms with E-state index in [1.807, 2.05) is 0 Å². The summed E-state index contributed by atoms with van der Waals surface area (Å²) in [7, 11) is 0. The summed E-state index contributed by atoms with van der Waals surface area (Å²) in [5.74, 6) is 2.29. The van der Waals surface area contributed by atoms with Crippen LogP contribution < -0.4 is 9.47 Å². The molecule has 2 saturated carbocycles. The van der Waals surface area contributed by atoms with E-state index in [1.54, 1.807) is 12.1 Å². The number of rotatable bonds is 10. The summed E-state index contributed by atoms with van der Waals surface area (Å²) >= 11 is 0. The van der Waals surface area contributed by atoms with Crippen LogP contribution >= 0.6 is 0 Å². The van der Waals surface area contributed by atoms with Crippen LogP contribution in [0.25, 0.3) is 0 Å². The Morgan fingerprint density at radius 2 is 1.05 bits per heavy atom. The molecule has 2 aliphatic carbocycles. The van der Waals surface area contributed by atoms with Gasteiger partial charge in [-0.2, -0.15) is 8.78 Å². The lowest BCUT2D eigenvalue weighted by Gasteiger charge is -2.32. The number of ether oxygens (including phenoxy) is 2. The molecular formula is C31H39F5O2. The highest BCUT2D eigenvalue weighted by atomic mass is 19.4. The molecule has 210 valence electrons. The molecule has 0 spiro atoms. The van der Waals surface area contributed by atoms with Crippen LogP contribution in [-0.4, -0.2) is 6.36 Å². The molecule has 0 atom stereocenters. The Hall–Kier alpha value is -2.31. The van der Waals surface area contributed by atoms with E-state index in [4.69, 9.17) is 4.74 Å². The van der Waals surface area contributed by atoms with Gasteiger partial charge >= 0.3 is 12.5 Å². The zero-order valence-corrected chi connectivity index (χ0v) is 22.1. The molecule has 2 aromatic carbocycles. The number of alkyl halides is 5. The Balaban J connectivity index is 1.22. The minimum atomic E-state index is -4.85. The van der Waals surface area contributed by atoms with Crippen molar-refractivity contribution in [1.29, 1.82) is 0 Å². The van der Waals surface area contributed by atoms with Gasteiger partial charge in [0, 0.05) is 0 Å². The van der Waals surface area contributed by atoms with Crippen LogP contribution in [-0.2, 0) is 6.11 Å². The smallest absolute Gasteiger partial charge is 0.429 e. The van der Waals surface area contributed by atoms with Gasteiger partial charge in [-0.1, -0.05) is 70.4 Å². The number of benzene rings is 2. The molecule has 0 N–H and O–H groups in total. The third-order valence-corrected chi connectivity index (χ3v) is 8.51. The fourth-order valence-corrected chi connectivity index (χ4v) is 6.34. The summed E-state index contributed by atoms with van der Waals surface area (Å²) < 4.78 is 74.8. The second-order valence-corrected chi connectivity index (χ2v) is 11.2. The Morgan fingerprint density at radius 1 is 0.605 bits per heavy atom. The topological polar surface area (TPSA) is 18.5 Å². The lowest BCUT2D eigenvalue weighted by atomic mass is 9.74. The quantitative estimate of drug-likeness (QED) is 0.280. The van der Waals surface area contributed by atoms with Gasteiger partial charge in [-0.05, 0) is 91.3 Å². The van der Waals surface area contributed by atoms with Crippen molar-refractivity contribution in [2.45, 2.75) is 102 Å². The zero-order chi connectivity index (χ0) is 27.2. The summed E-state index contributed by atoms with van der Waals surface area (Å²) in [5.41, 5.74) is 0.783. The van der Waals surface area contributed by atoms with E-state index in [2.05, 4.69) is 11.7 Å². The van der Waals surface area contributed by atoms with Crippen molar-refractivity contribution in [3.8, 4) is 11.5 Å². The van der Waals surface area contributed by atoms with E-state index < -0.39 is 18.2 Å². The van der Waals surface area contributed by atoms with Gasteiger partial charge in [0.1, 0.15) is 11.5 Å². The van der Waals surface area contributed by atoms with Crippen LogP contribution in [0.15, 0.2) is 48.5 Å². The van der Waals surface area contributed by atoms with E-state index in [9.17, 15) is 22.0 Å². The van der Waals surface area contributed by atoms with Crippen molar-refractivity contribution in [2.24, 2.45) is 17.8 Å². The predicted octanol–water partition coefficient (Wildman–Crippen LogP) is 10.4. The van der Waals surface area contributed by atoms with Gasteiger partial charge in [0.05, 0.1) is 5.56 Å². The Bertz CT molecular complexity index is 971. The van der Waals surface area contributed by atoms with Crippen molar-refractivity contribution in [3.05, 3.63) is 59.7 Å². The maximum absolute atomic E-state index is 14.7. The van der Waals surface area contributed by atoms with Gasteiger partial charge in [-0.3, -0.25) is 0 Å². The van der Waals surface area contributed by atoms with E-state index in [1.165, 1.54) is 76.3 Å². The second kappa shape index (κ2) is 12.7. The highest BCUT2D eigenvalue weighted by molar-refractivity contribution is 5.33. The van der Waals surface area contributed by atoms with Crippen LogP contribution in [0.3, 0.4) is 0 Å². The maximum Gasteiger partial charge on any atom is 0.573 e. The van der Waals surface area contributed by atoms with Crippen LogP contribution in [0, 0.1) is 17.8 Å². The first kappa shape index (κ1) is 28.7. The number of halogens is 5. The molecule has 0 radical (unpaired) electrons. The molecule has 0 aromatic heterocycles. The Labute approximate surface area is 222 Å². The van der Waals surface area contributed by atoms with Crippen LogP contribution in [0.2, 0.25) is 0 Å². The monoisotopic (exact) mass is 538 g/mol. The highest BCUT2D eigenvalue weighted by Gasteiger charge is 2.35. The van der Waals surface area contributed by atoms with E-state index in [0.29, 0.717) is 5.92 Å². The molecule has 2 nitrogen and oxygen atoms in total. The summed E-state index contributed by atoms with van der Waals surface area (Å²) in [5, 5.41) is 0. The van der Waals surface area contributed by atoms with Crippen molar-refractivity contribution in [3.63, 3.8) is 0 Å². The van der Waals surface area contributed by atoms with Gasteiger partial charge in [0.2, 0.25) is 0 Å². The van der Waals surface area contributed by atoms with Crippen LogP contribution in [0.1, 0.15) is 101 Å². The van der Waals surface area contributed by atoms with E-state index in [-0.39, 0.29) is 11.3 Å². The second-order valence-electron chi connectivity index (χ2n) is 11.2. The SMILES string of the molecule is CCCC1CCC(CCC2CCC(c3ccc(C(F)(F)Oc4ccc(OC(F)(F)F)cc4)cc3)CC2)CC1. The summed E-state index contributed by atoms with van der Waals surface area (Å²) in [6, 6.07) is 10.2. The maximum atomic E-state index is 14.7. The molecule has 38 heavy (non-hydrogen) atoms. The number of hydrogen-bond donors (Lipinski definition) is 0. The predicted molar refractivity (Wildman–Crippen MR) is 138 cm³/mol.